The van der Waals surface area contributed by atoms with Crippen LogP contribution in [0.1, 0.15) is 19.8 Å². The van der Waals surface area contributed by atoms with Gasteiger partial charge in [0.15, 0.2) is 0 Å². The van der Waals surface area contributed by atoms with Gasteiger partial charge < -0.3 is 4.74 Å². The highest BCUT2D eigenvalue weighted by Crippen LogP contribution is 2.20. The molecule has 0 aliphatic carbocycles. The zero-order valence-corrected chi connectivity index (χ0v) is 13.5. The maximum Gasteiger partial charge on any atom is 0.394 e. The number of halogens is 1. The van der Waals surface area contributed by atoms with Gasteiger partial charge in [-0.05, 0) is 18.3 Å². The van der Waals surface area contributed by atoms with Crippen LogP contribution in [0.15, 0.2) is 4.99 Å². The van der Waals surface area contributed by atoms with Crippen molar-refractivity contribution in [3.8, 4) is 0 Å². The Morgan fingerprint density at radius 1 is 1.36 bits per heavy atom. The van der Waals surface area contributed by atoms with Gasteiger partial charge in [-0.15, -0.1) is 0 Å². The number of aliphatic imine (C=N–C) groups is 1. The molecule has 3 amide bonds. The van der Waals surface area contributed by atoms with E-state index in [0.29, 0.717) is 25.4 Å². The molecular weight excluding hydrogens is 312 g/mol. The molecule has 2 aliphatic heterocycles. The summed E-state index contributed by atoms with van der Waals surface area (Å²) in [6, 6.07) is -1.17. The monoisotopic (exact) mass is 329 g/mol. The van der Waals surface area contributed by atoms with Crippen LogP contribution in [0.2, 0.25) is 0 Å². The Morgan fingerprint density at radius 3 is 2.68 bits per heavy atom. The summed E-state index contributed by atoms with van der Waals surface area (Å²) in [5, 5.41) is 0.146. The quantitative estimate of drug-likeness (QED) is 0.411. The van der Waals surface area contributed by atoms with E-state index in [4.69, 9.17) is 16.3 Å². The van der Waals surface area contributed by atoms with Crippen molar-refractivity contribution >= 4 is 40.6 Å². The number of rotatable bonds is 5. The van der Waals surface area contributed by atoms with Crippen LogP contribution in [-0.2, 0) is 14.3 Å². The maximum atomic E-state index is 12.3. The van der Waals surface area contributed by atoms with E-state index in [1.54, 1.807) is 18.5 Å². The fourth-order valence-corrected chi connectivity index (χ4v) is 2.69. The van der Waals surface area contributed by atoms with Gasteiger partial charge in [0.05, 0.1) is 13.2 Å². The number of nitrogens with zero attached hydrogens (tertiary/aromatic N) is 4. The van der Waals surface area contributed by atoms with Crippen molar-refractivity contribution in [3.05, 3.63) is 0 Å². The van der Waals surface area contributed by atoms with Gasteiger partial charge in [-0.3, -0.25) is 19.4 Å². The number of carbonyl (C=O) groups is 3. The average molecular weight is 330 g/mol. The first kappa shape index (κ1) is 16.4. The number of urea groups is 1. The fourth-order valence-electron chi connectivity index (χ4n) is 2.42. The molecule has 9 heteroatoms. The molecule has 0 bridgehead atoms. The Labute approximate surface area is 133 Å². The second-order valence-corrected chi connectivity index (χ2v) is 5.32. The minimum Gasteiger partial charge on any atom is -0.466 e. The van der Waals surface area contributed by atoms with E-state index in [1.165, 1.54) is 11.9 Å². The second-order valence-electron chi connectivity index (χ2n) is 4.98. The van der Waals surface area contributed by atoms with Crippen LogP contribution in [0.4, 0.5) is 4.79 Å². The smallest absolute Gasteiger partial charge is 0.394 e. The number of amidine groups is 2. The highest BCUT2D eigenvalue weighted by molar-refractivity contribution is 6.65. The first-order valence-corrected chi connectivity index (χ1v) is 7.34. The summed E-state index contributed by atoms with van der Waals surface area (Å²) in [4.78, 5) is 42.0. The van der Waals surface area contributed by atoms with E-state index >= 15 is 0 Å². The Balaban J connectivity index is 2.08. The largest absolute Gasteiger partial charge is 0.466 e. The van der Waals surface area contributed by atoms with Crippen LogP contribution in [0.25, 0.3) is 0 Å². The third kappa shape index (κ3) is 2.83. The van der Waals surface area contributed by atoms with E-state index in [-0.39, 0.29) is 23.6 Å². The molecule has 2 aliphatic rings. The Kier molecular flexibility index (Phi) is 4.80. The van der Waals surface area contributed by atoms with Crippen LogP contribution in [-0.4, -0.2) is 76.7 Å². The van der Waals surface area contributed by atoms with Gasteiger partial charge in [0.1, 0.15) is 0 Å². The van der Waals surface area contributed by atoms with Crippen molar-refractivity contribution in [3.63, 3.8) is 0 Å². The highest BCUT2D eigenvalue weighted by Gasteiger charge is 2.52. The summed E-state index contributed by atoms with van der Waals surface area (Å²) in [5.41, 5.74) is 0. The molecule has 2 heterocycles. The zero-order chi connectivity index (χ0) is 16.4. The van der Waals surface area contributed by atoms with Crippen LogP contribution in [0.3, 0.4) is 0 Å². The Hall–Kier alpha value is -1.96. The number of likely N-dealkylation sites (N-methyl/N-ethyl adjacent to an activating group) is 2. The van der Waals surface area contributed by atoms with Gasteiger partial charge in [-0.2, -0.15) is 0 Å². The van der Waals surface area contributed by atoms with Crippen molar-refractivity contribution in [1.29, 1.82) is 0 Å². The predicted octanol–water partition coefficient (Wildman–Crippen LogP) is 0.242. The minimum absolute atomic E-state index is 0.146. The summed E-state index contributed by atoms with van der Waals surface area (Å²) in [5.74, 6) is -0.360. The Bertz CT molecular complexity index is 587. The lowest BCUT2D eigenvalue weighted by atomic mass is 10.1. The van der Waals surface area contributed by atoms with E-state index in [9.17, 15) is 14.4 Å². The van der Waals surface area contributed by atoms with Gasteiger partial charge >= 0.3 is 17.3 Å². The molecule has 120 valence electrons. The molecule has 8 nitrogen and oxygen atoms in total. The van der Waals surface area contributed by atoms with Crippen LogP contribution >= 0.6 is 11.6 Å². The topological polar surface area (TPSA) is 82.3 Å². The maximum absolute atomic E-state index is 12.3. The number of hydrogen-bond donors (Lipinski definition) is 0. The number of ether oxygens (including phenoxy) is 1. The molecule has 0 aromatic rings. The number of carbonyl (C=O) groups excluding carboxylic acids is 3. The lowest BCUT2D eigenvalue weighted by molar-refractivity contribution is -0.533. The van der Waals surface area contributed by atoms with Crippen molar-refractivity contribution in [2.75, 3.05) is 27.2 Å². The average Bonchev–Trinajstić information content (AvgIpc) is 2.80. The second kappa shape index (κ2) is 6.43. The van der Waals surface area contributed by atoms with Gasteiger partial charge in [0, 0.05) is 32.1 Å². The standard InChI is InChI=1S/C13H18ClN4O4/c1-4-22-8(19)6-5-7-18-9-10(15-12(18)14)16(2)13(21)17(3)11(9)20/h9H,4-7H2,1-3H3/q+1. The molecule has 0 N–H and O–H groups in total. The molecule has 2 rings (SSSR count). The number of esters is 1. The molecular formula is C13H18ClN4O4+. The van der Waals surface area contributed by atoms with Gasteiger partial charge in [0.25, 0.3) is 17.8 Å². The predicted molar refractivity (Wildman–Crippen MR) is 79.0 cm³/mol. The lowest BCUT2D eigenvalue weighted by Gasteiger charge is -2.30. The van der Waals surface area contributed by atoms with Gasteiger partial charge in [-0.25, -0.2) is 9.37 Å². The molecule has 0 aromatic carbocycles. The van der Waals surface area contributed by atoms with E-state index in [2.05, 4.69) is 4.99 Å². The molecule has 0 radical (unpaired) electrons. The molecule has 0 spiro atoms. The molecule has 22 heavy (non-hydrogen) atoms. The third-order valence-electron chi connectivity index (χ3n) is 3.57. The number of hydrogen-bond acceptors (Lipinski definition) is 5. The first-order chi connectivity index (χ1) is 10.4. The Morgan fingerprint density at radius 2 is 2.05 bits per heavy atom. The van der Waals surface area contributed by atoms with Crippen LogP contribution in [0.5, 0.6) is 0 Å². The summed E-state index contributed by atoms with van der Waals surface area (Å²) in [7, 11) is 2.96. The lowest BCUT2D eigenvalue weighted by Crippen LogP contribution is -2.61. The molecule has 1 fully saturated rings. The summed E-state index contributed by atoms with van der Waals surface area (Å²) in [6.07, 6.45) is 0.707. The fraction of sp³-hybridized carbons (Fsp3) is 0.615. The van der Waals surface area contributed by atoms with Gasteiger partial charge in [0.2, 0.25) is 0 Å². The van der Waals surface area contributed by atoms with Crippen molar-refractivity contribution in [2.45, 2.75) is 25.8 Å². The number of amides is 3. The van der Waals surface area contributed by atoms with Crippen molar-refractivity contribution < 1.29 is 23.7 Å². The molecule has 1 atom stereocenters. The zero-order valence-electron chi connectivity index (χ0n) is 12.7. The van der Waals surface area contributed by atoms with E-state index < -0.39 is 12.1 Å². The molecule has 1 saturated heterocycles. The van der Waals surface area contributed by atoms with E-state index in [0.717, 1.165) is 4.90 Å². The molecule has 0 saturated carbocycles. The summed E-state index contributed by atoms with van der Waals surface area (Å²) in [6.45, 7) is 2.45. The van der Waals surface area contributed by atoms with E-state index in [1.807, 2.05) is 0 Å². The summed E-state index contributed by atoms with van der Waals surface area (Å²) < 4.78 is 6.45. The highest BCUT2D eigenvalue weighted by atomic mass is 35.5. The summed E-state index contributed by atoms with van der Waals surface area (Å²) >= 11 is 6.09. The minimum atomic E-state index is -0.720. The van der Waals surface area contributed by atoms with Gasteiger partial charge in [-0.1, -0.05) is 0 Å². The SMILES string of the molecule is CCOC(=O)CCC[N+]1=C(Cl)N=C2C1C(=O)N(C)C(=O)N2C. The van der Waals surface area contributed by atoms with Crippen molar-refractivity contribution in [1.82, 2.24) is 9.80 Å². The first-order valence-electron chi connectivity index (χ1n) is 6.97. The number of fused-ring (bicyclic) bond motifs is 1. The normalized spacial score (nSPS) is 21.3. The molecule has 1 unspecified atom stereocenters. The number of imide groups is 1. The molecule has 0 aromatic heterocycles. The van der Waals surface area contributed by atoms with Crippen LogP contribution < -0.4 is 0 Å². The third-order valence-corrected chi connectivity index (χ3v) is 3.87. The van der Waals surface area contributed by atoms with Crippen molar-refractivity contribution in [2.24, 2.45) is 4.99 Å². The van der Waals surface area contributed by atoms with Crippen LogP contribution in [0, 0.1) is 0 Å².